The molecule has 1 aliphatic rings. The molecule has 0 atom stereocenters. The maximum absolute atomic E-state index is 12.3. The number of nitrogens with zero attached hydrogens (tertiary/aromatic N) is 4. The predicted octanol–water partition coefficient (Wildman–Crippen LogP) is 2.75. The van der Waals surface area contributed by atoms with Crippen molar-refractivity contribution in [3.63, 3.8) is 0 Å². The van der Waals surface area contributed by atoms with E-state index in [1.165, 1.54) is 7.11 Å². The van der Waals surface area contributed by atoms with Crippen LogP contribution in [0.25, 0.3) is 11.0 Å². The standard InChI is InChI=1S/C21H22N4O3/c1-27-16-7-5-6-15(14-16)24-10-12-25(13-11-24)20-19(21(26)28-2)22-17-8-3-4-9-18(17)23-20/h3-9,14H,10-13H2,1-2H3. The molecule has 2 heterocycles. The maximum atomic E-state index is 12.3. The first-order valence-corrected chi connectivity index (χ1v) is 9.18. The van der Waals surface area contributed by atoms with Gasteiger partial charge in [-0.1, -0.05) is 18.2 Å². The van der Waals surface area contributed by atoms with Gasteiger partial charge in [-0.3, -0.25) is 0 Å². The largest absolute Gasteiger partial charge is 0.497 e. The number of fused-ring (bicyclic) bond motifs is 1. The van der Waals surface area contributed by atoms with Crippen molar-refractivity contribution in [3.8, 4) is 5.75 Å². The molecule has 7 nitrogen and oxygen atoms in total. The molecule has 0 bridgehead atoms. The summed E-state index contributed by atoms with van der Waals surface area (Å²) in [6.07, 6.45) is 0. The third kappa shape index (κ3) is 3.43. The lowest BCUT2D eigenvalue weighted by Crippen LogP contribution is -2.47. The Kier molecular flexibility index (Phi) is 4.97. The lowest BCUT2D eigenvalue weighted by Gasteiger charge is -2.37. The Morgan fingerprint density at radius 3 is 2.25 bits per heavy atom. The molecule has 28 heavy (non-hydrogen) atoms. The van der Waals surface area contributed by atoms with E-state index in [4.69, 9.17) is 14.5 Å². The number of benzene rings is 2. The zero-order valence-corrected chi connectivity index (χ0v) is 16.0. The minimum atomic E-state index is -0.469. The Morgan fingerprint density at radius 1 is 0.893 bits per heavy atom. The van der Waals surface area contributed by atoms with Crippen molar-refractivity contribution in [1.29, 1.82) is 0 Å². The molecule has 7 heteroatoms. The van der Waals surface area contributed by atoms with Crippen molar-refractivity contribution >= 4 is 28.5 Å². The summed E-state index contributed by atoms with van der Waals surface area (Å²) in [5.74, 6) is 0.952. The van der Waals surface area contributed by atoms with E-state index in [2.05, 4.69) is 20.9 Å². The van der Waals surface area contributed by atoms with Gasteiger partial charge in [0.25, 0.3) is 0 Å². The topological polar surface area (TPSA) is 67.8 Å². The fourth-order valence-corrected chi connectivity index (χ4v) is 3.43. The Labute approximate surface area is 163 Å². The molecule has 1 aliphatic heterocycles. The SMILES string of the molecule is COC(=O)c1nc2ccccc2nc1N1CCN(c2cccc(OC)c2)CC1. The highest BCUT2D eigenvalue weighted by Crippen LogP contribution is 2.26. The first-order valence-electron chi connectivity index (χ1n) is 9.18. The average molecular weight is 378 g/mol. The lowest BCUT2D eigenvalue weighted by atomic mass is 10.2. The van der Waals surface area contributed by atoms with Crippen LogP contribution < -0.4 is 14.5 Å². The molecule has 0 unspecified atom stereocenters. The number of rotatable bonds is 4. The van der Waals surface area contributed by atoms with Crippen molar-refractivity contribution in [2.75, 3.05) is 50.2 Å². The number of hydrogen-bond acceptors (Lipinski definition) is 7. The molecule has 4 rings (SSSR count). The molecule has 0 spiro atoms. The van der Waals surface area contributed by atoms with Crippen LogP contribution in [0.15, 0.2) is 48.5 Å². The van der Waals surface area contributed by atoms with Gasteiger partial charge in [-0.05, 0) is 24.3 Å². The number of methoxy groups -OCH3 is 2. The van der Waals surface area contributed by atoms with Gasteiger partial charge in [0.05, 0.1) is 25.3 Å². The number of esters is 1. The van der Waals surface area contributed by atoms with Crippen LogP contribution in [-0.2, 0) is 4.74 Å². The second-order valence-corrected chi connectivity index (χ2v) is 6.55. The molecule has 0 saturated carbocycles. The third-order valence-corrected chi connectivity index (χ3v) is 4.93. The third-order valence-electron chi connectivity index (χ3n) is 4.93. The first-order chi connectivity index (χ1) is 13.7. The van der Waals surface area contributed by atoms with Crippen LogP contribution in [0.3, 0.4) is 0 Å². The molecule has 0 aliphatic carbocycles. The molecule has 3 aromatic rings. The zero-order chi connectivity index (χ0) is 19.5. The number of ether oxygens (including phenoxy) is 2. The molecule has 1 aromatic heterocycles. The van der Waals surface area contributed by atoms with Crippen LogP contribution in [0.5, 0.6) is 5.75 Å². The average Bonchev–Trinajstić information content (AvgIpc) is 2.77. The fourth-order valence-electron chi connectivity index (χ4n) is 3.43. The maximum Gasteiger partial charge on any atom is 0.360 e. The molecule has 1 fully saturated rings. The number of aromatic nitrogens is 2. The van der Waals surface area contributed by atoms with Gasteiger partial charge in [-0.25, -0.2) is 14.8 Å². The van der Waals surface area contributed by atoms with Crippen LogP contribution in [0, 0.1) is 0 Å². The van der Waals surface area contributed by atoms with E-state index < -0.39 is 5.97 Å². The van der Waals surface area contributed by atoms with Crippen molar-refractivity contribution in [2.24, 2.45) is 0 Å². The van der Waals surface area contributed by atoms with Gasteiger partial charge >= 0.3 is 5.97 Å². The normalized spacial score (nSPS) is 14.2. The number of piperazine rings is 1. The van der Waals surface area contributed by atoms with Gasteiger partial charge in [-0.15, -0.1) is 0 Å². The van der Waals surface area contributed by atoms with E-state index in [0.717, 1.165) is 43.1 Å². The molecule has 0 amide bonds. The zero-order valence-electron chi connectivity index (χ0n) is 16.0. The summed E-state index contributed by atoms with van der Waals surface area (Å²) in [6, 6.07) is 15.6. The summed E-state index contributed by atoms with van der Waals surface area (Å²) in [4.78, 5) is 25.9. The molecular weight excluding hydrogens is 356 g/mol. The predicted molar refractivity (Wildman–Crippen MR) is 108 cm³/mol. The van der Waals surface area contributed by atoms with Gasteiger partial charge < -0.3 is 19.3 Å². The quantitative estimate of drug-likeness (QED) is 0.647. The van der Waals surface area contributed by atoms with Gasteiger partial charge in [0.15, 0.2) is 11.5 Å². The van der Waals surface area contributed by atoms with E-state index in [1.807, 2.05) is 42.5 Å². The smallest absolute Gasteiger partial charge is 0.360 e. The van der Waals surface area contributed by atoms with E-state index in [0.29, 0.717) is 11.3 Å². The van der Waals surface area contributed by atoms with Gasteiger partial charge in [0, 0.05) is 37.9 Å². The van der Waals surface area contributed by atoms with Crippen molar-refractivity contribution < 1.29 is 14.3 Å². The van der Waals surface area contributed by atoms with Crippen molar-refractivity contribution in [2.45, 2.75) is 0 Å². The first kappa shape index (κ1) is 18.0. The second kappa shape index (κ2) is 7.72. The molecule has 144 valence electrons. The summed E-state index contributed by atoms with van der Waals surface area (Å²) < 4.78 is 10.3. The highest BCUT2D eigenvalue weighted by molar-refractivity contribution is 5.95. The Hall–Kier alpha value is -3.35. The number of carbonyl (C=O) groups is 1. The summed E-state index contributed by atoms with van der Waals surface area (Å²) in [6.45, 7) is 3.08. The number of anilines is 2. The van der Waals surface area contributed by atoms with Crippen molar-refractivity contribution in [3.05, 3.63) is 54.2 Å². The lowest BCUT2D eigenvalue weighted by molar-refractivity contribution is 0.0595. The molecular formula is C21H22N4O3. The summed E-state index contributed by atoms with van der Waals surface area (Å²) >= 11 is 0. The van der Waals surface area contributed by atoms with E-state index in [1.54, 1.807) is 7.11 Å². The number of para-hydroxylation sites is 2. The van der Waals surface area contributed by atoms with Crippen LogP contribution in [-0.4, -0.2) is 56.3 Å². The molecule has 2 aromatic carbocycles. The molecule has 1 saturated heterocycles. The van der Waals surface area contributed by atoms with Crippen LogP contribution in [0.4, 0.5) is 11.5 Å². The number of carbonyl (C=O) groups excluding carboxylic acids is 1. The summed E-state index contributed by atoms with van der Waals surface area (Å²) in [7, 11) is 3.04. The van der Waals surface area contributed by atoms with Crippen LogP contribution in [0.2, 0.25) is 0 Å². The second-order valence-electron chi connectivity index (χ2n) is 6.55. The Balaban J connectivity index is 1.60. The highest BCUT2D eigenvalue weighted by Gasteiger charge is 2.25. The molecule has 0 N–H and O–H groups in total. The van der Waals surface area contributed by atoms with Crippen molar-refractivity contribution in [1.82, 2.24) is 9.97 Å². The van der Waals surface area contributed by atoms with E-state index in [9.17, 15) is 4.79 Å². The Bertz CT molecular complexity index is 1000. The van der Waals surface area contributed by atoms with Crippen LogP contribution >= 0.6 is 0 Å². The van der Waals surface area contributed by atoms with E-state index >= 15 is 0 Å². The van der Waals surface area contributed by atoms with Crippen LogP contribution in [0.1, 0.15) is 10.5 Å². The summed E-state index contributed by atoms with van der Waals surface area (Å²) in [5.41, 5.74) is 2.83. The highest BCUT2D eigenvalue weighted by atomic mass is 16.5. The number of hydrogen-bond donors (Lipinski definition) is 0. The van der Waals surface area contributed by atoms with Gasteiger partial charge in [0.2, 0.25) is 0 Å². The Morgan fingerprint density at radius 2 is 1.57 bits per heavy atom. The van der Waals surface area contributed by atoms with Gasteiger partial charge in [0.1, 0.15) is 5.75 Å². The minimum absolute atomic E-state index is 0.260. The van der Waals surface area contributed by atoms with Gasteiger partial charge in [-0.2, -0.15) is 0 Å². The minimum Gasteiger partial charge on any atom is -0.497 e. The molecule has 0 radical (unpaired) electrons. The van der Waals surface area contributed by atoms with E-state index in [-0.39, 0.29) is 5.69 Å². The monoisotopic (exact) mass is 378 g/mol. The fraction of sp³-hybridized carbons (Fsp3) is 0.286. The summed E-state index contributed by atoms with van der Waals surface area (Å²) in [5, 5.41) is 0.